The molecule has 0 heterocycles. The topological polar surface area (TPSA) is 63.3 Å². The van der Waals surface area contributed by atoms with Gasteiger partial charge in [-0.25, -0.2) is 0 Å². The molecular formula is C9H13NO2SSe. The summed E-state index contributed by atoms with van der Waals surface area (Å²) < 4.78 is 0.611. The third-order valence-electron chi connectivity index (χ3n) is 1.84. The van der Waals surface area contributed by atoms with Crippen molar-refractivity contribution in [3.8, 4) is 0 Å². The minimum atomic E-state index is -1.44. The van der Waals surface area contributed by atoms with Gasteiger partial charge in [-0.1, -0.05) is 0 Å². The van der Waals surface area contributed by atoms with Crippen LogP contribution < -0.4 is 5.73 Å². The van der Waals surface area contributed by atoms with Gasteiger partial charge in [-0.2, -0.15) is 0 Å². The standard InChI is InChI=1S/C9H13NO2SSe/c1-3-5-9(10,8(11)12)7(13)6(14)4-2/h3-4,7,13H,1-2,5,10H2,(H,11,12). The molecule has 0 amide bonds. The molecule has 3 N–H and O–H groups in total. The number of aliphatic carboxylic acids is 1. The van der Waals surface area contributed by atoms with Crippen LogP contribution in [0.5, 0.6) is 0 Å². The first kappa shape index (κ1) is 13.6. The molecule has 0 saturated carbocycles. The Morgan fingerprint density at radius 1 is 1.71 bits per heavy atom. The zero-order valence-electron chi connectivity index (χ0n) is 7.64. The van der Waals surface area contributed by atoms with Gasteiger partial charge in [0.15, 0.2) is 0 Å². The van der Waals surface area contributed by atoms with E-state index < -0.39 is 16.8 Å². The van der Waals surface area contributed by atoms with Gasteiger partial charge in [0.1, 0.15) is 0 Å². The van der Waals surface area contributed by atoms with Crippen molar-refractivity contribution in [3.63, 3.8) is 0 Å². The first-order valence-corrected chi connectivity index (χ1v) is 5.25. The fraction of sp³-hybridized carbons (Fsp3) is 0.333. The van der Waals surface area contributed by atoms with Crippen molar-refractivity contribution < 1.29 is 9.90 Å². The average Bonchev–Trinajstić information content (AvgIpc) is 2.15. The molecule has 3 nitrogen and oxygen atoms in total. The number of hydrogen-bond acceptors (Lipinski definition) is 3. The number of carboxylic acids is 1. The number of carbonyl (C=O) groups is 1. The zero-order valence-corrected chi connectivity index (χ0v) is 10.2. The third kappa shape index (κ3) is 2.82. The first-order chi connectivity index (χ1) is 6.40. The molecule has 0 spiro atoms. The molecule has 0 bridgehead atoms. The second-order valence-electron chi connectivity index (χ2n) is 2.85. The van der Waals surface area contributed by atoms with Crippen LogP contribution in [0.15, 0.2) is 25.3 Å². The average molecular weight is 278 g/mol. The summed E-state index contributed by atoms with van der Waals surface area (Å²) in [6.07, 6.45) is 3.12. The fourth-order valence-corrected chi connectivity index (χ4v) is 1.68. The van der Waals surface area contributed by atoms with Crippen LogP contribution in [0.3, 0.4) is 0 Å². The van der Waals surface area contributed by atoms with Gasteiger partial charge in [0, 0.05) is 0 Å². The maximum absolute atomic E-state index is 11.0. The summed E-state index contributed by atoms with van der Waals surface area (Å²) in [7, 11) is 0. The molecule has 0 aromatic rings. The summed E-state index contributed by atoms with van der Waals surface area (Å²) in [6, 6.07) is 0. The van der Waals surface area contributed by atoms with Crippen molar-refractivity contribution in [1.82, 2.24) is 0 Å². The van der Waals surface area contributed by atoms with Gasteiger partial charge in [0.25, 0.3) is 0 Å². The SMILES string of the molecule is C=CCC(N)(C(=O)O)C(S)C(=[Se])C=C. The van der Waals surface area contributed by atoms with Gasteiger partial charge in [-0.15, -0.1) is 0 Å². The molecule has 0 aliphatic carbocycles. The van der Waals surface area contributed by atoms with Gasteiger partial charge in [0.05, 0.1) is 0 Å². The van der Waals surface area contributed by atoms with Gasteiger partial charge in [0.2, 0.25) is 0 Å². The Morgan fingerprint density at radius 3 is 2.50 bits per heavy atom. The van der Waals surface area contributed by atoms with Crippen molar-refractivity contribution in [2.45, 2.75) is 17.2 Å². The Bertz CT molecular complexity index is 280. The molecule has 14 heavy (non-hydrogen) atoms. The Morgan fingerprint density at radius 2 is 2.21 bits per heavy atom. The summed E-state index contributed by atoms with van der Waals surface area (Å²) in [5.74, 6) is -1.10. The molecule has 0 aliphatic heterocycles. The molecule has 0 aromatic carbocycles. The van der Waals surface area contributed by atoms with Gasteiger partial charge in [-0.3, -0.25) is 0 Å². The molecule has 5 heteroatoms. The summed E-state index contributed by atoms with van der Waals surface area (Å²) in [4.78, 5) is 11.0. The van der Waals surface area contributed by atoms with E-state index in [1.807, 2.05) is 0 Å². The predicted molar refractivity (Wildman–Crippen MR) is 63.1 cm³/mol. The van der Waals surface area contributed by atoms with Crippen molar-refractivity contribution in [2.24, 2.45) is 5.73 Å². The minimum absolute atomic E-state index is 0.148. The molecule has 0 aromatic heterocycles. The molecule has 0 rings (SSSR count). The van der Waals surface area contributed by atoms with E-state index in [0.717, 1.165) is 0 Å². The summed E-state index contributed by atoms with van der Waals surface area (Å²) in [5, 5.41) is 8.38. The van der Waals surface area contributed by atoms with Crippen molar-refractivity contribution in [2.75, 3.05) is 0 Å². The monoisotopic (exact) mass is 279 g/mol. The zero-order chi connectivity index (χ0) is 11.4. The van der Waals surface area contributed by atoms with Gasteiger partial charge >= 0.3 is 96.7 Å². The predicted octanol–water partition coefficient (Wildman–Crippen LogP) is 0.170. The van der Waals surface area contributed by atoms with Crippen LogP contribution in [0.4, 0.5) is 0 Å². The normalized spacial score (nSPS) is 16.4. The number of carboxylic acid groups (broad SMARTS) is 1. The molecule has 2 unspecified atom stereocenters. The molecule has 0 saturated heterocycles. The van der Waals surface area contributed by atoms with E-state index in [0.29, 0.717) is 4.42 Å². The molecule has 0 aliphatic rings. The Kier molecular flexibility index (Phi) is 5.37. The Labute approximate surface area is 96.8 Å². The van der Waals surface area contributed by atoms with Crippen LogP contribution in [-0.2, 0) is 4.79 Å². The van der Waals surface area contributed by atoms with Crippen LogP contribution in [-0.4, -0.2) is 41.9 Å². The molecule has 0 fully saturated rings. The number of rotatable bonds is 6. The van der Waals surface area contributed by atoms with Crippen molar-refractivity contribution >= 4 is 38.6 Å². The van der Waals surface area contributed by atoms with Crippen molar-refractivity contribution in [3.05, 3.63) is 25.3 Å². The summed E-state index contributed by atoms with van der Waals surface area (Å²) >= 11 is 6.86. The quantitative estimate of drug-likeness (QED) is 0.369. The van der Waals surface area contributed by atoms with E-state index in [2.05, 4.69) is 41.4 Å². The number of thiol groups is 1. The first-order valence-electron chi connectivity index (χ1n) is 3.87. The maximum atomic E-state index is 11.0. The van der Waals surface area contributed by atoms with Crippen LogP contribution in [0.25, 0.3) is 0 Å². The number of allylic oxidation sites excluding steroid dienone is 1. The molecular weight excluding hydrogens is 265 g/mol. The second kappa shape index (κ2) is 5.51. The molecule has 78 valence electrons. The molecule has 2 atom stereocenters. The van der Waals surface area contributed by atoms with Crippen LogP contribution in [0, 0.1) is 0 Å². The van der Waals surface area contributed by atoms with Crippen LogP contribution in [0.2, 0.25) is 0 Å². The second-order valence-corrected chi connectivity index (χ2v) is 4.35. The fourth-order valence-electron chi connectivity index (χ4n) is 0.920. The van der Waals surface area contributed by atoms with E-state index in [1.54, 1.807) is 0 Å². The van der Waals surface area contributed by atoms with Crippen LogP contribution >= 0.6 is 12.6 Å². The third-order valence-corrected chi connectivity index (χ3v) is 3.81. The number of nitrogens with two attached hydrogens (primary N) is 1. The summed E-state index contributed by atoms with van der Waals surface area (Å²) in [6.45, 7) is 7.00. The van der Waals surface area contributed by atoms with Gasteiger partial charge in [-0.05, 0) is 0 Å². The van der Waals surface area contributed by atoms with E-state index in [-0.39, 0.29) is 6.42 Å². The Balaban J connectivity index is 4.99. The van der Waals surface area contributed by atoms with E-state index >= 15 is 0 Å². The van der Waals surface area contributed by atoms with Crippen molar-refractivity contribution in [1.29, 1.82) is 0 Å². The van der Waals surface area contributed by atoms with E-state index in [1.165, 1.54) is 12.2 Å². The van der Waals surface area contributed by atoms with Crippen LogP contribution in [0.1, 0.15) is 6.42 Å². The summed E-state index contributed by atoms with van der Waals surface area (Å²) in [5.41, 5.74) is 4.29. The van der Waals surface area contributed by atoms with Gasteiger partial charge < -0.3 is 0 Å². The number of hydrogen-bond donors (Lipinski definition) is 3. The van der Waals surface area contributed by atoms with E-state index in [4.69, 9.17) is 10.8 Å². The Hall–Kier alpha value is -0.351. The van der Waals surface area contributed by atoms with E-state index in [9.17, 15) is 4.79 Å². The molecule has 0 radical (unpaired) electrons.